The molecular formula is C30H57O6Tb. The molecule has 222 valence electrons. The fraction of sp³-hybridized carbons (Fsp3) is 0.900. The third-order valence-corrected chi connectivity index (χ3v) is 6.79. The van der Waals surface area contributed by atoms with E-state index < -0.39 is 34.2 Å². The minimum atomic E-state index is -0.931. The Labute approximate surface area is 259 Å². The number of rotatable bonds is 18. The molecule has 0 aromatic heterocycles. The fourth-order valence-corrected chi connectivity index (χ4v) is 3.64. The van der Waals surface area contributed by atoms with E-state index in [0.29, 0.717) is 0 Å². The first-order valence-electron chi connectivity index (χ1n) is 14.2. The van der Waals surface area contributed by atoms with Gasteiger partial charge in [-0.1, -0.05) is 133 Å². The average molecular weight is 673 g/mol. The van der Waals surface area contributed by atoms with E-state index in [0.717, 1.165) is 70.6 Å². The predicted octanol–water partition coefficient (Wildman–Crippen LogP) is 5.20. The van der Waals surface area contributed by atoms with Crippen molar-refractivity contribution in [2.24, 2.45) is 16.2 Å². The van der Waals surface area contributed by atoms with Crippen LogP contribution in [0.1, 0.15) is 159 Å². The van der Waals surface area contributed by atoms with Crippen molar-refractivity contribution in [1.82, 2.24) is 0 Å². The Morgan fingerprint density at radius 1 is 0.459 bits per heavy atom. The van der Waals surface area contributed by atoms with E-state index in [1.165, 1.54) is 25.7 Å². The summed E-state index contributed by atoms with van der Waals surface area (Å²) in [6.45, 7) is 17.1. The summed E-state index contributed by atoms with van der Waals surface area (Å²) in [6.07, 6.45) is 14.9. The van der Waals surface area contributed by atoms with Crippen LogP contribution in [-0.4, -0.2) is 17.9 Å². The first-order chi connectivity index (χ1) is 16.6. The van der Waals surface area contributed by atoms with Crippen molar-refractivity contribution in [2.75, 3.05) is 0 Å². The molecule has 0 rings (SSSR count). The molecule has 0 aliphatic rings. The van der Waals surface area contributed by atoms with Gasteiger partial charge in [-0.15, -0.1) is 0 Å². The molecule has 0 aliphatic heterocycles. The van der Waals surface area contributed by atoms with Gasteiger partial charge >= 0.3 is 38.6 Å². The van der Waals surface area contributed by atoms with Crippen LogP contribution in [0.3, 0.4) is 0 Å². The molecule has 1 unspecified atom stereocenters. The van der Waals surface area contributed by atoms with Gasteiger partial charge < -0.3 is 29.7 Å². The van der Waals surface area contributed by atoms with Crippen LogP contribution >= 0.6 is 0 Å². The summed E-state index contributed by atoms with van der Waals surface area (Å²) in [4.78, 5) is 32.0. The van der Waals surface area contributed by atoms with Crippen molar-refractivity contribution < 1.29 is 68.3 Å². The van der Waals surface area contributed by atoms with Crippen molar-refractivity contribution >= 4 is 17.9 Å². The van der Waals surface area contributed by atoms with E-state index in [1.807, 2.05) is 6.92 Å². The second kappa shape index (κ2) is 24.7. The third kappa shape index (κ3) is 24.5. The summed E-state index contributed by atoms with van der Waals surface area (Å²) in [5.74, 6) is -2.75. The first kappa shape index (κ1) is 43.7. The van der Waals surface area contributed by atoms with E-state index >= 15 is 0 Å². The van der Waals surface area contributed by atoms with E-state index in [9.17, 15) is 29.7 Å². The molecule has 0 fully saturated rings. The number of aliphatic carboxylic acids is 3. The van der Waals surface area contributed by atoms with E-state index in [4.69, 9.17) is 0 Å². The average Bonchev–Trinajstić information content (AvgIpc) is 2.79. The van der Waals surface area contributed by atoms with Crippen LogP contribution in [0.15, 0.2) is 0 Å². The SMILES string of the molecule is CCCCC(C)(CCC)C(=O)[O-].CCCCCCC(C)(C)C(=O)[O-].CCCCCCC(C)(C)C(=O)[O-].[Tb+3]. The normalized spacial score (nSPS) is 12.6. The van der Waals surface area contributed by atoms with Gasteiger partial charge in [-0.3, -0.25) is 0 Å². The number of unbranched alkanes of at least 4 members (excludes halogenated alkanes) is 7. The van der Waals surface area contributed by atoms with Gasteiger partial charge in [-0.25, -0.2) is 0 Å². The largest absolute Gasteiger partial charge is 3.00 e. The van der Waals surface area contributed by atoms with Crippen LogP contribution in [-0.2, 0) is 14.4 Å². The number of carbonyl (C=O) groups excluding carboxylic acids is 3. The Balaban J connectivity index is -0.000000218. The van der Waals surface area contributed by atoms with Crippen LogP contribution < -0.4 is 15.3 Å². The number of carboxylic acids is 3. The molecule has 0 N–H and O–H groups in total. The minimum Gasteiger partial charge on any atom is -0.550 e. The molecule has 0 aromatic carbocycles. The van der Waals surface area contributed by atoms with Gasteiger partial charge in [0.2, 0.25) is 0 Å². The standard InChI is InChI=1S/3C10H20O2.Tb/c2*1-4-5-6-7-8-10(2,3)9(11)12;1-4-6-8-10(3,7-5-2)9(11)12;/h3*4-8H2,1-3H3,(H,11,12);/q;;;+3/p-3. The Morgan fingerprint density at radius 2 is 0.811 bits per heavy atom. The van der Waals surface area contributed by atoms with Crippen molar-refractivity contribution in [3.05, 3.63) is 0 Å². The van der Waals surface area contributed by atoms with Crippen LogP contribution in [0, 0.1) is 54.9 Å². The number of hydrogen-bond donors (Lipinski definition) is 0. The molecule has 0 saturated heterocycles. The van der Waals surface area contributed by atoms with Gasteiger partial charge in [-0.05, 0) is 25.7 Å². The number of carboxylic acid groups (broad SMARTS) is 3. The summed E-state index contributed by atoms with van der Waals surface area (Å²) < 4.78 is 0. The quantitative estimate of drug-likeness (QED) is 0.185. The fourth-order valence-electron chi connectivity index (χ4n) is 3.64. The minimum absolute atomic E-state index is 0. The molecule has 37 heavy (non-hydrogen) atoms. The third-order valence-electron chi connectivity index (χ3n) is 6.79. The van der Waals surface area contributed by atoms with E-state index in [-0.39, 0.29) is 38.6 Å². The monoisotopic (exact) mass is 672 g/mol. The molecule has 6 nitrogen and oxygen atoms in total. The van der Waals surface area contributed by atoms with E-state index in [2.05, 4.69) is 20.8 Å². The summed E-state index contributed by atoms with van der Waals surface area (Å²) in [6, 6.07) is 0. The zero-order valence-corrected chi connectivity index (χ0v) is 27.5. The molecule has 0 heterocycles. The second-order valence-electron chi connectivity index (χ2n) is 11.7. The van der Waals surface area contributed by atoms with Crippen LogP contribution in [0.5, 0.6) is 0 Å². The van der Waals surface area contributed by atoms with Gasteiger partial charge in [-0.2, -0.15) is 0 Å². The van der Waals surface area contributed by atoms with Gasteiger partial charge in [0, 0.05) is 34.2 Å². The van der Waals surface area contributed by atoms with Crippen molar-refractivity contribution in [3.8, 4) is 0 Å². The van der Waals surface area contributed by atoms with E-state index in [1.54, 1.807) is 34.6 Å². The maximum atomic E-state index is 10.8. The summed E-state index contributed by atoms with van der Waals surface area (Å²) in [5.41, 5.74) is -1.88. The molecule has 0 radical (unpaired) electrons. The zero-order chi connectivity index (χ0) is 28.8. The maximum Gasteiger partial charge on any atom is 3.00 e. The Morgan fingerprint density at radius 3 is 1.05 bits per heavy atom. The van der Waals surface area contributed by atoms with Crippen LogP contribution in [0.2, 0.25) is 0 Å². The maximum absolute atomic E-state index is 10.8. The van der Waals surface area contributed by atoms with Gasteiger partial charge in [0.25, 0.3) is 0 Å². The second-order valence-corrected chi connectivity index (χ2v) is 11.7. The molecular weight excluding hydrogens is 615 g/mol. The summed E-state index contributed by atoms with van der Waals surface area (Å²) >= 11 is 0. The molecule has 0 spiro atoms. The molecule has 0 bridgehead atoms. The Hall–Kier alpha value is -0.304. The molecule has 0 aromatic rings. The molecule has 0 saturated carbocycles. The van der Waals surface area contributed by atoms with Crippen LogP contribution in [0.25, 0.3) is 0 Å². The van der Waals surface area contributed by atoms with Crippen molar-refractivity contribution in [1.29, 1.82) is 0 Å². The zero-order valence-electron chi connectivity index (χ0n) is 25.4. The number of carbonyl (C=O) groups is 3. The Bertz CT molecular complexity index is 555. The topological polar surface area (TPSA) is 120 Å². The van der Waals surface area contributed by atoms with Crippen molar-refractivity contribution in [2.45, 2.75) is 159 Å². The summed E-state index contributed by atoms with van der Waals surface area (Å²) in [7, 11) is 0. The molecule has 1 atom stereocenters. The number of hydrogen-bond acceptors (Lipinski definition) is 6. The molecule has 7 heteroatoms. The summed E-state index contributed by atoms with van der Waals surface area (Å²) in [5, 5.41) is 32.0. The first-order valence-corrected chi connectivity index (χ1v) is 14.2. The van der Waals surface area contributed by atoms with Gasteiger partial charge in [0.05, 0.1) is 0 Å². The van der Waals surface area contributed by atoms with Gasteiger partial charge in [0.1, 0.15) is 0 Å². The van der Waals surface area contributed by atoms with Crippen molar-refractivity contribution in [3.63, 3.8) is 0 Å². The molecule has 0 aliphatic carbocycles. The smallest absolute Gasteiger partial charge is 0.550 e. The Kier molecular flexibility index (Phi) is 29.2. The van der Waals surface area contributed by atoms with Crippen LogP contribution in [0.4, 0.5) is 0 Å². The predicted molar refractivity (Wildman–Crippen MR) is 143 cm³/mol. The molecule has 0 amide bonds. The van der Waals surface area contributed by atoms with Gasteiger partial charge in [0.15, 0.2) is 0 Å².